The summed E-state index contributed by atoms with van der Waals surface area (Å²) in [6.07, 6.45) is 5.32. The maximum atomic E-state index is 13.4. The molecule has 0 radical (unpaired) electrons. The molecule has 6 atom stereocenters. The number of para-hydroxylation sites is 1. The smallest absolute Gasteiger partial charge is 0.340 e. The molecule has 2 aromatic carbocycles. The van der Waals surface area contributed by atoms with Crippen LogP contribution >= 0.6 is 0 Å². The molecule has 6 unspecified atom stereocenters. The number of rotatable bonds is 5. The first-order valence-corrected chi connectivity index (χ1v) is 11.4. The number of hydrogen-bond acceptors (Lipinski definition) is 5. The molecule has 2 bridgehead atoms. The minimum Gasteiger partial charge on any atom is -0.454 e. The van der Waals surface area contributed by atoms with E-state index in [1.54, 1.807) is 30.3 Å². The number of hydrogen-bond donors (Lipinski definition) is 0. The minimum absolute atomic E-state index is 0.109. The van der Waals surface area contributed by atoms with E-state index >= 15 is 0 Å². The number of carbonyl (C=O) groups is 4. The van der Waals surface area contributed by atoms with Crippen molar-refractivity contribution in [2.75, 3.05) is 11.5 Å². The lowest BCUT2D eigenvalue weighted by atomic mass is 9.63. The molecule has 4 aliphatic carbocycles. The van der Waals surface area contributed by atoms with Gasteiger partial charge in [0.25, 0.3) is 0 Å². The van der Waals surface area contributed by atoms with E-state index in [0.717, 1.165) is 12.0 Å². The summed E-state index contributed by atoms with van der Waals surface area (Å²) in [6.45, 7) is 1.51. The van der Waals surface area contributed by atoms with Gasteiger partial charge in [0.15, 0.2) is 12.4 Å². The number of allylic oxidation sites excluding steroid dienone is 2. The first-order chi connectivity index (χ1) is 16.0. The van der Waals surface area contributed by atoms with Crippen molar-refractivity contribution in [1.82, 2.24) is 0 Å². The molecule has 1 saturated heterocycles. The van der Waals surface area contributed by atoms with Crippen molar-refractivity contribution in [3.8, 4) is 0 Å². The molecule has 2 aromatic rings. The van der Waals surface area contributed by atoms with E-state index in [9.17, 15) is 19.2 Å². The molecule has 6 heteroatoms. The zero-order valence-corrected chi connectivity index (χ0v) is 18.1. The van der Waals surface area contributed by atoms with Gasteiger partial charge in [0, 0.05) is 5.56 Å². The summed E-state index contributed by atoms with van der Waals surface area (Å²) in [7, 11) is 0. The first kappa shape index (κ1) is 20.1. The number of esters is 1. The topological polar surface area (TPSA) is 80.8 Å². The second-order valence-corrected chi connectivity index (χ2v) is 9.55. The average molecular weight is 441 g/mol. The molecule has 0 N–H and O–H groups in total. The molecule has 166 valence electrons. The summed E-state index contributed by atoms with van der Waals surface area (Å²) in [5.74, 6) is -0.969. The number of ether oxygens (including phenoxy) is 1. The van der Waals surface area contributed by atoms with Crippen molar-refractivity contribution in [3.05, 3.63) is 77.4 Å². The van der Waals surface area contributed by atoms with Crippen LogP contribution in [0.1, 0.15) is 32.7 Å². The van der Waals surface area contributed by atoms with Crippen LogP contribution in [0.3, 0.4) is 0 Å². The van der Waals surface area contributed by atoms with Crippen LogP contribution in [0.15, 0.2) is 60.7 Å². The van der Waals surface area contributed by atoms with E-state index < -0.39 is 12.6 Å². The average Bonchev–Trinajstić information content (AvgIpc) is 3.61. The maximum absolute atomic E-state index is 13.4. The van der Waals surface area contributed by atoms with E-state index in [0.29, 0.717) is 17.4 Å². The number of benzene rings is 2. The Hall–Kier alpha value is -3.54. The molecule has 6 nitrogen and oxygen atoms in total. The summed E-state index contributed by atoms with van der Waals surface area (Å²) in [5, 5.41) is 0. The second-order valence-electron chi connectivity index (χ2n) is 9.55. The molecule has 33 heavy (non-hydrogen) atoms. The number of ketones is 1. The molecule has 2 amide bonds. The lowest BCUT2D eigenvalue weighted by molar-refractivity contribution is -0.124. The molecule has 0 aromatic heterocycles. The van der Waals surface area contributed by atoms with Gasteiger partial charge in [-0.25, -0.2) is 9.69 Å². The Bertz CT molecular complexity index is 1190. The molecule has 2 saturated carbocycles. The van der Waals surface area contributed by atoms with Crippen molar-refractivity contribution in [2.45, 2.75) is 13.3 Å². The standard InChI is InChI=1S/C27H23NO5/c1-14-6-8-15(9-7-14)22(29)13-33-27(32)18-4-2-3-5-21(18)28-25(30)23-16-10-11-17(20-12-19(16)20)24(23)26(28)31/h2-11,16-17,19-20,23-24H,12-13H2,1H3. The van der Waals surface area contributed by atoms with Crippen molar-refractivity contribution in [2.24, 2.45) is 35.5 Å². The van der Waals surface area contributed by atoms with E-state index in [2.05, 4.69) is 12.2 Å². The lowest BCUT2D eigenvalue weighted by Crippen LogP contribution is -2.40. The summed E-state index contributed by atoms with van der Waals surface area (Å²) >= 11 is 0. The van der Waals surface area contributed by atoms with E-state index in [1.807, 2.05) is 19.1 Å². The number of aryl methyl sites for hydroxylation is 1. The fraction of sp³-hybridized carbons (Fsp3) is 0.333. The van der Waals surface area contributed by atoms with Gasteiger partial charge in [-0.05, 0) is 49.1 Å². The summed E-state index contributed by atoms with van der Waals surface area (Å²) in [5.41, 5.74) is 1.83. The zero-order chi connectivity index (χ0) is 22.9. The highest BCUT2D eigenvalue weighted by Crippen LogP contribution is 2.65. The van der Waals surface area contributed by atoms with Crippen LogP contribution < -0.4 is 4.90 Å². The van der Waals surface area contributed by atoms with Gasteiger partial charge < -0.3 is 4.74 Å². The molecule has 3 fully saturated rings. The maximum Gasteiger partial charge on any atom is 0.340 e. The Balaban J connectivity index is 1.24. The van der Waals surface area contributed by atoms with Crippen molar-refractivity contribution in [1.29, 1.82) is 0 Å². The van der Waals surface area contributed by atoms with Crippen LogP contribution in [0.5, 0.6) is 0 Å². The number of Topliss-reactive ketones (excluding diaryl/α,β-unsaturated/α-hetero) is 1. The third kappa shape index (κ3) is 3.00. The number of nitrogens with zero attached hydrogens (tertiary/aromatic N) is 1. The predicted molar refractivity (Wildman–Crippen MR) is 119 cm³/mol. The fourth-order valence-corrected chi connectivity index (χ4v) is 6.07. The quantitative estimate of drug-likeness (QED) is 0.307. The Morgan fingerprint density at radius 3 is 2.15 bits per heavy atom. The van der Waals surface area contributed by atoms with Crippen LogP contribution in [-0.2, 0) is 14.3 Å². The van der Waals surface area contributed by atoms with Crippen LogP contribution in [0.4, 0.5) is 5.69 Å². The SMILES string of the molecule is Cc1ccc(C(=O)COC(=O)c2ccccc2N2C(=O)C3C4C=CC(C5CC45)C3C2=O)cc1. The predicted octanol–water partition coefficient (Wildman–Crippen LogP) is 3.59. The second kappa shape index (κ2) is 7.24. The highest BCUT2D eigenvalue weighted by molar-refractivity contribution is 6.24. The van der Waals surface area contributed by atoms with Gasteiger partial charge in [-0.1, -0.05) is 54.1 Å². The third-order valence-electron chi connectivity index (χ3n) is 7.74. The highest BCUT2D eigenvalue weighted by atomic mass is 16.5. The molecule has 1 aliphatic heterocycles. The Morgan fingerprint density at radius 2 is 1.52 bits per heavy atom. The fourth-order valence-electron chi connectivity index (χ4n) is 6.07. The Kier molecular flexibility index (Phi) is 4.41. The Morgan fingerprint density at radius 1 is 0.909 bits per heavy atom. The van der Waals surface area contributed by atoms with Gasteiger partial charge in [-0.15, -0.1) is 0 Å². The van der Waals surface area contributed by atoms with Crippen molar-refractivity contribution < 1.29 is 23.9 Å². The van der Waals surface area contributed by atoms with Gasteiger partial charge in [0.2, 0.25) is 11.8 Å². The third-order valence-corrected chi connectivity index (χ3v) is 7.74. The molecule has 7 rings (SSSR count). The zero-order valence-electron chi connectivity index (χ0n) is 18.1. The summed E-state index contributed by atoms with van der Waals surface area (Å²) in [4.78, 5) is 53.4. The summed E-state index contributed by atoms with van der Waals surface area (Å²) < 4.78 is 5.29. The van der Waals surface area contributed by atoms with Gasteiger partial charge in [0.05, 0.1) is 23.1 Å². The minimum atomic E-state index is -0.731. The summed E-state index contributed by atoms with van der Waals surface area (Å²) in [6, 6.07) is 13.5. The van der Waals surface area contributed by atoms with Gasteiger partial charge in [0.1, 0.15) is 0 Å². The van der Waals surface area contributed by atoms with Crippen LogP contribution in [-0.4, -0.2) is 30.2 Å². The van der Waals surface area contributed by atoms with Crippen molar-refractivity contribution in [3.63, 3.8) is 0 Å². The van der Waals surface area contributed by atoms with Gasteiger partial charge in [-0.3, -0.25) is 14.4 Å². The van der Waals surface area contributed by atoms with E-state index in [-0.39, 0.29) is 52.5 Å². The first-order valence-electron chi connectivity index (χ1n) is 11.4. The number of carbonyl (C=O) groups excluding carboxylic acids is 4. The normalized spacial score (nSPS) is 30.8. The molecular weight excluding hydrogens is 418 g/mol. The van der Waals surface area contributed by atoms with E-state index in [4.69, 9.17) is 4.74 Å². The number of anilines is 1. The largest absolute Gasteiger partial charge is 0.454 e. The molecular formula is C27H23NO5. The molecule has 1 heterocycles. The molecule has 5 aliphatic rings. The van der Waals surface area contributed by atoms with Crippen LogP contribution in [0.2, 0.25) is 0 Å². The molecule has 0 spiro atoms. The number of amides is 2. The lowest BCUT2D eigenvalue weighted by Gasteiger charge is -2.37. The van der Waals surface area contributed by atoms with Crippen molar-refractivity contribution >= 4 is 29.3 Å². The van der Waals surface area contributed by atoms with E-state index in [1.165, 1.54) is 11.0 Å². The Labute approximate surface area is 191 Å². The highest BCUT2D eigenvalue weighted by Gasteiger charge is 2.67. The van der Waals surface area contributed by atoms with Gasteiger partial charge >= 0.3 is 5.97 Å². The monoisotopic (exact) mass is 441 g/mol. The van der Waals surface area contributed by atoms with Gasteiger partial charge in [-0.2, -0.15) is 0 Å². The number of imide groups is 1. The van der Waals surface area contributed by atoms with Crippen LogP contribution in [0, 0.1) is 42.4 Å². The van der Waals surface area contributed by atoms with Crippen LogP contribution in [0.25, 0.3) is 0 Å².